The molecule has 5 heteroatoms. The average molecular weight is 327 g/mol. The van der Waals surface area contributed by atoms with Crippen molar-refractivity contribution < 1.29 is 14.5 Å². The number of nitro groups is 1. The third-order valence-electron chi connectivity index (χ3n) is 4.62. The highest BCUT2D eigenvalue weighted by atomic mass is 16.6. The number of fused-ring (bicyclic) bond motifs is 2. The van der Waals surface area contributed by atoms with Crippen molar-refractivity contribution in [3.05, 3.63) is 64.2 Å². The molecule has 0 radical (unpaired) electrons. The number of carbonyl (C=O) groups excluding carboxylic acids is 1. The number of carbonyl (C=O) groups is 1. The molecule has 0 aliphatic heterocycles. The smallest absolute Gasteiger partial charge is 0.273 e. The zero-order chi connectivity index (χ0) is 17.6. The Morgan fingerprint density at radius 2 is 1.79 bits per heavy atom. The van der Waals surface area contributed by atoms with Crippen LogP contribution in [0, 0.1) is 22.0 Å². The third kappa shape index (κ3) is 2.69. The van der Waals surface area contributed by atoms with E-state index in [1.807, 2.05) is 32.9 Å². The fourth-order valence-electron chi connectivity index (χ4n) is 3.69. The van der Waals surface area contributed by atoms with Crippen LogP contribution in [-0.4, -0.2) is 22.4 Å². The zero-order valence-corrected chi connectivity index (χ0v) is 14.1. The van der Waals surface area contributed by atoms with Crippen LogP contribution in [0.3, 0.4) is 0 Å². The number of hydrogen-bond acceptors (Lipinski definition) is 4. The number of rotatable bonds is 3. The number of ether oxygens (including phenoxy) is 1. The molecular weight excluding hydrogens is 306 g/mol. The number of benzene rings is 1. The van der Waals surface area contributed by atoms with Gasteiger partial charge >= 0.3 is 0 Å². The Hall–Kier alpha value is -2.27. The molecule has 2 bridgehead atoms. The van der Waals surface area contributed by atoms with Crippen molar-refractivity contribution in [2.24, 2.45) is 11.8 Å². The van der Waals surface area contributed by atoms with Crippen molar-refractivity contribution in [2.45, 2.75) is 38.4 Å². The van der Waals surface area contributed by atoms with Crippen molar-refractivity contribution in [2.75, 3.05) is 0 Å². The van der Waals surface area contributed by atoms with E-state index in [0.29, 0.717) is 11.1 Å². The van der Waals surface area contributed by atoms with E-state index in [2.05, 4.69) is 6.58 Å². The third-order valence-corrected chi connectivity index (χ3v) is 4.62. The summed E-state index contributed by atoms with van der Waals surface area (Å²) in [6.07, 6.45) is 3.48. The van der Waals surface area contributed by atoms with Crippen LogP contribution in [0.5, 0.6) is 0 Å². The standard InChI is InChI=1S/C19H21NO4/c1-11-12-9-10-14(13-7-5-6-8-15(13)20(22)23)16(17(11)21)18(12)24-19(2,3)4/h5-10,12,14,16,18H,1H2,2-4H3/t12-,14+,16+,18?/m1/s1. The molecule has 2 aliphatic rings. The molecule has 4 atom stereocenters. The lowest BCUT2D eigenvalue weighted by atomic mass is 9.77. The Kier molecular flexibility index (Phi) is 3.92. The summed E-state index contributed by atoms with van der Waals surface area (Å²) in [5.41, 5.74) is 0.703. The first-order valence-electron chi connectivity index (χ1n) is 8.03. The summed E-state index contributed by atoms with van der Waals surface area (Å²) in [4.78, 5) is 23.7. The van der Waals surface area contributed by atoms with E-state index in [4.69, 9.17) is 4.74 Å². The second kappa shape index (κ2) is 5.67. The molecule has 0 heterocycles. The summed E-state index contributed by atoms with van der Waals surface area (Å²) in [6.45, 7) is 9.76. The fourth-order valence-corrected chi connectivity index (χ4v) is 3.69. The Balaban J connectivity index is 2.07. The van der Waals surface area contributed by atoms with Crippen LogP contribution in [0.4, 0.5) is 5.69 Å². The first-order valence-corrected chi connectivity index (χ1v) is 8.03. The lowest BCUT2D eigenvalue weighted by Crippen LogP contribution is -2.38. The Morgan fingerprint density at radius 3 is 2.42 bits per heavy atom. The molecule has 5 nitrogen and oxygen atoms in total. The zero-order valence-electron chi connectivity index (χ0n) is 14.1. The topological polar surface area (TPSA) is 69.4 Å². The molecule has 3 rings (SSSR count). The lowest BCUT2D eigenvalue weighted by Gasteiger charge is -2.35. The molecule has 0 N–H and O–H groups in total. The van der Waals surface area contributed by atoms with Crippen LogP contribution in [0.15, 0.2) is 48.6 Å². The monoisotopic (exact) mass is 327 g/mol. The number of nitro benzene ring substituents is 1. The highest BCUT2D eigenvalue weighted by molar-refractivity contribution is 6.02. The number of para-hydroxylation sites is 1. The maximum absolute atomic E-state index is 12.8. The maximum atomic E-state index is 12.8. The number of hydrogen-bond donors (Lipinski definition) is 0. The van der Waals surface area contributed by atoms with E-state index >= 15 is 0 Å². The maximum Gasteiger partial charge on any atom is 0.273 e. The average Bonchev–Trinajstić information content (AvgIpc) is 2.65. The molecule has 126 valence electrons. The SMILES string of the molecule is C=C1C(=O)[C@H]2C(OC(C)(C)C)[C@@H]1C=C[C@H]2c1ccccc1[N+](=O)[O-]. The quantitative estimate of drug-likeness (QED) is 0.366. The van der Waals surface area contributed by atoms with Gasteiger partial charge in [0.25, 0.3) is 5.69 Å². The first kappa shape index (κ1) is 16.6. The normalized spacial score (nSPS) is 29.1. The Bertz CT molecular complexity index is 744. The molecular formula is C19H21NO4. The molecule has 1 fully saturated rings. The minimum absolute atomic E-state index is 0.0328. The van der Waals surface area contributed by atoms with Gasteiger partial charge in [-0.15, -0.1) is 0 Å². The lowest BCUT2D eigenvalue weighted by molar-refractivity contribution is -0.385. The van der Waals surface area contributed by atoms with E-state index in [-0.39, 0.29) is 29.4 Å². The van der Waals surface area contributed by atoms with Crippen molar-refractivity contribution in [3.8, 4) is 0 Å². The predicted molar refractivity (Wildman–Crippen MR) is 90.7 cm³/mol. The van der Waals surface area contributed by atoms with Gasteiger partial charge in [-0.05, 0) is 26.3 Å². The highest BCUT2D eigenvalue weighted by Crippen LogP contribution is 2.49. The predicted octanol–water partition coefficient (Wildman–Crippen LogP) is 3.80. The minimum atomic E-state index is -0.465. The van der Waals surface area contributed by atoms with Gasteiger partial charge in [-0.1, -0.05) is 36.9 Å². The molecule has 0 amide bonds. The molecule has 1 unspecified atom stereocenters. The molecule has 1 aromatic rings. The number of nitrogens with zero attached hydrogens (tertiary/aromatic N) is 1. The first-order chi connectivity index (χ1) is 11.2. The van der Waals surface area contributed by atoms with E-state index in [1.54, 1.807) is 18.2 Å². The van der Waals surface area contributed by atoms with Crippen LogP contribution in [0.1, 0.15) is 32.3 Å². The van der Waals surface area contributed by atoms with Gasteiger partial charge in [-0.3, -0.25) is 14.9 Å². The summed E-state index contributed by atoms with van der Waals surface area (Å²) in [5.74, 6) is -1.04. The number of ketones is 1. The van der Waals surface area contributed by atoms with Gasteiger partial charge in [-0.2, -0.15) is 0 Å². The Labute approximate surface area is 141 Å². The second-order valence-electron chi connectivity index (χ2n) is 7.36. The molecule has 1 saturated carbocycles. The van der Waals surface area contributed by atoms with E-state index < -0.39 is 16.4 Å². The van der Waals surface area contributed by atoms with Crippen molar-refractivity contribution in [1.29, 1.82) is 0 Å². The molecule has 0 saturated heterocycles. The number of Topliss-reactive ketones (excluding diaryl/α,β-unsaturated/α-hetero) is 1. The van der Waals surface area contributed by atoms with E-state index in [1.165, 1.54) is 6.07 Å². The number of allylic oxidation sites excluding steroid dienone is 1. The van der Waals surface area contributed by atoms with Crippen molar-refractivity contribution in [1.82, 2.24) is 0 Å². The van der Waals surface area contributed by atoms with Gasteiger partial charge in [0.1, 0.15) is 0 Å². The molecule has 0 spiro atoms. The van der Waals surface area contributed by atoms with Gasteiger partial charge in [0, 0.05) is 23.5 Å². The summed E-state index contributed by atoms with van der Waals surface area (Å²) in [7, 11) is 0. The molecule has 24 heavy (non-hydrogen) atoms. The Morgan fingerprint density at radius 1 is 1.17 bits per heavy atom. The largest absolute Gasteiger partial charge is 0.371 e. The van der Waals surface area contributed by atoms with Gasteiger partial charge < -0.3 is 4.74 Å². The minimum Gasteiger partial charge on any atom is -0.371 e. The second-order valence-corrected chi connectivity index (χ2v) is 7.36. The summed E-state index contributed by atoms with van der Waals surface area (Å²) in [5, 5.41) is 11.4. The van der Waals surface area contributed by atoms with E-state index in [0.717, 1.165) is 0 Å². The van der Waals surface area contributed by atoms with Crippen LogP contribution in [-0.2, 0) is 9.53 Å². The van der Waals surface area contributed by atoms with Gasteiger partial charge in [-0.25, -0.2) is 0 Å². The molecule has 1 aromatic carbocycles. The van der Waals surface area contributed by atoms with Gasteiger partial charge in [0.15, 0.2) is 5.78 Å². The van der Waals surface area contributed by atoms with Gasteiger partial charge in [0.2, 0.25) is 0 Å². The van der Waals surface area contributed by atoms with Gasteiger partial charge in [0.05, 0.1) is 22.5 Å². The van der Waals surface area contributed by atoms with E-state index in [9.17, 15) is 14.9 Å². The summed E-state index contributed by atoms with van der Waals surface area (Å²) in [6, 6.07) is 6.59. The van der Waals surface area contributed by atoms with Crippen LogP contribution >= 0.6 is 0 Å². The van der Waals surface area contributed by atoms with Crippen LogP contribution in [0.2, 0.25) is 0 Å². The molecule has 2 aliphatic carbocycles. The van der Waals surface area contributed by atoms with Crippen molar-refractivity contribution in [3.63, 3.8) is 0 Å². The highest BCUT2D eigenvalue weighted by Gasteiger charge is 2.52. The molecule has 0 aromatic heterocycles. The summed E-state index contributed by atoms with van der Waals surface area (Å²) >= 11 is 0. The van der Waals surface area contributed by atoms with Crippen LogP contribution < -0.4 is 0 Å². The van der Waals surface area contributed by atoms with Crippen molar-refractivity contribution >= 4 is 11.5 Å². The van der Waals surface area contributed by atoms with Crippen LogP contribution in [0.25, 0.3) is 0 Å². The summed E-state index contributed by atoms with van der Waals surface area (Å²) < 4.78 is 6.16. The fraction of sp³-hybridized carbons (Fsp3) is 0.421.